The zero-order chi connectivity index (χ0) is 15.6. The highest BCUT2D eigenvalue weighted by Crippen LogP contribution is 2.22. The van der Waals surface area contributed by atoms with E-state index in [1.165, 1.54) is 18.2 Å². The van der Waals surface area contributed by atoms with Crippen LogP contribution >= 0.6 is 0 Å². The summed E-state index contributed by atoms with van der Waals surface area (Å²) in [6.45, 7) is 1.71. The molecule has 1 unspecified atom stereocenters. The number of benzene rings is 2. The van der Waals surface area contributed by atoms with E-state index in [2.05, 4.69) is 0 Å². The second-order valence-corrected chi connectivity index (χ2v) is 6.27. The van der Waals surface area contributed by atoms with E-state index < -0.39 is 27.3 Å². The Morgan fingerprint density at radius 3 is 2.52 bits per heavy atom. The molecule has 0 heterocycles. The number of rotatable bonds is 4. The summed E-state index contributed by atoms with van der Waals surface area (Å²) in [6, 6.07) is 8.17. The fraction of sp³-hybridized carbons (Fsp3) is 0.143. The first-order chi connectivity index (χ1) is 9.79. The summed E-state index contributed by atoms with van der Waals surface area (Å²) in [6.07, 6.45) is 0. The predicted octanol–water partition coefficient (Wildman–Crippen LogP) is 2.79. The van der Waals surface area contributed by atoms with Crippen molar-refractivity contribution in [1.29, 1.82) is 0 Å². The van der Waals surface area contributed by atoms with Crippen molar-refractivity contribution in [2.24, 2.45) is 5.73 Å². The summed E-state index contributed by atoms with van der Waals surface area (Å²) < 4.78 is 53.0. The minimum Gasteiger partial charge on any atom is -0.324 e. The molecule has 0 aliphatic carbocycles. The normalized spacial score (nSPS) is 13.0. The SMILES string of the molecule is CC(N)c1cccc(S(=O)(=O)Nc2cc(F)ccc2F)c1. The fourth-order valence-electron chi connectivity index (χ4n) is 1.74. The maximum Gasteiger partial charge on any atom is 0.261 e. The van der Waals surface area contributed by atoms with E-state index in [9.17, 15) is 17.2 Å². The minimum absolute atomic E-state index is 0.0686. The lowest BCUT2D eigenvalue weighted by Gasteiger charge is -2.11. The van der Waals surface area contributed by atoms with Gasteiger partial charge in [0, 0.05) is 12.1 Å². The second kappa shape index (κ2) is 5.79. The molecule has 0 aliphatic heterocycles. The summed E-state index contributed by atoms with van der Waals surface area (Å²) in [5.74, 6) is -1.60. The Balaban J connectivity index is 2.38. The first-order valence-electron chi connectivity index (χ1n) is 6.13. The molecule has 0 saturated carbocycles. The lowest BCUT2D eigenvalue weighted by atomic mass is 10.1. The van der Waals surface area contributed by atoms with Crippen molar-refractivity contribution in [3.63, 3.8) is 0 Å². The van der Waals surface area contributed by atoms with Crippen LogP contribution in [-0.2, 0) is 10.0 Å². The third-order valence-electron chi connectivity index (χ3n) is 2.87. The monoisotopic (exact) mass is 312 g/mol. The van der Waals surface area contributed by atoms with Gasteiger partial charge in [-0.25, -0.2) is 17.2 Å². The Labute approximate surface area is 121 Å². The largest absolute Gasteiger partial charge is 0.324 e. The Morgan fingerprint density at radius 1 is 1.14 bits per heavy atom. The molecule has 1 atom stereocenters. The number of hydrogen-bond acceptors (Lipinski definition) is 3. The van der Waals surface area contributed by atoms with Crippen molar-refractivity contribution in [3.8, 4) is 0 Å². The molecule has 0 aromatic heterocycles. The molecule has 0 radical (unpaired) electrons. The molecule has 2 aromatic carbocycles. The number of nitrogens with two attached hydrogens (primary N) is 1. The summed E-state index contributed by atoms with van der Waals surface area (Å²) in [5, 5.41) is 0. The van der Waals surface area contributed by atoms with E-state index in [1.54, 1.807) is 13.0 Å². The smallest absolute Gasteiger partial charge is 0.261 e. The quantitative estimate of drug-likeness (QED) is 0.912. The maximum atomic E-state index is 13.5. The zero-order valence-electron chi connectivity index (χ0n) is 11.2. The van der Waals surface area contributed by atoms with Crippen LogP contribution < -0.4 is 10.5 Å². The minimum atomic E-state index is -4.02. The van der Waals surface area contributed by atoms with E-state index in [-0.39, 0.29) is 10.9 Å². The van der Waals surface area contributed by atoms with Crippen molar-refractivity contribution < 1.29 is 17.2 Å². The van der Waals surface area contributed by atoms with Crippen molar-refractivity contribution in [1.82, 2.24) is 0 Å². The topological polar surface area (TPSA) is 72.2 Å². The van der Waals surface area contributed by atoms with Gasteiger partial charge < -0.3 is 5.73 Å². The van der Waals surface area contributed by atoms with Gasteiger partial charge in [0.1, 0.15) is 11.6 Å². The summed E-state index contributed by atoms with van der Waals surface area (Å²) in [5.41, 5.74) is 5.88. The van der Waals surface area contributed by atoms with Gasteiger partial charge in [0.25, 0.3) is 10.0 Å². The van der Waals surface area contributed by atoms with Crippen LogP contribution in [0.15, 0.2) is 47.4 Å². The highest BCUT2D eigenvalue weighted by molar-refractivity contribution is 7.92. The molecule has 112 valence electrons. The Bertz CT molecular complexity index is 761. The van der Waals surface area contributed by atoms with Gasteiger partial charge in [0.15, 0.2) is 0 Å². The lowest BCUT2D eigenvalue weighted by molar-refractivity contribution is 0.594. The van der Waals surface area contributed by atoms with Crippen LogP contribution in [0.1, 0.15) is 18.5 Å². The molecular formula is C14H14F2N2O2S. The average Bonchev–Trinajstić information content (AvgIpc) is 2.43. The molecule has 0 aliphatic rings. The predicted molar refractivity (Wildman–Crippen MR) is 76.2 cm³/mol. The van der Waals surface area contributed by atoms with Gasteiger partial charge in [0.05, 0.1) is 10.6 Å². The van der Waals surface area contributed by atoms with Crippen LogP contribution in [0.3, 0.4) is 0 Å². The van der Waals surface area contributed by atoms with Crippen LogP contribution in [0.25, 0.3) is 0 Å². The third kappa shape index (κ3) is 3.56. The van der Waals surface area contributed by atoms with E-state index in [4.69, 9.17) is 5.73 Å². The molecule has 0 bridgehead atoms. The van der Waals surface area contributed by atoms with E-state index in [0.29, 0.717) is 5.56 Å². The van der Waals surface area contributed by atoms with Crippen molar-refractivity contribution in [2.45, 2.75) is 17.9 Å². The van der Waals surface area contributed by atoms with E-state index in [1.807, 2.05) is 4.72 Å². The molecule has 2 aromatic rings. The summed E-state index contributed by atoms with van der Waals surface area (Å²) >= 11 is 0. The van der Waals surface area contributed by atoms with E-state index >= 15 is 0 Å². The van der Waals surface area contributed by atoms with Crippen LogP contribution in [0, 0.1) is 11.6 Å². The highest BCUT2D eigenvalue weighted by Gasteiger charge is 2.17. The number of anilines is 1. The summed E-state index contributed by atoms with van der Waals surface area (Å²) in [7, 11) is -4.02. The number of halogens is 2. The molecule has 0 fully saturated rings. The van der Waals surface area contributed by atoms with E-state index in [0.717, 1.165) is 18.2 Å². The molecule has 0 saturated heterocycles. The number of sulfonamides is 1. The Kier molecular flexibility index (Phi) is 4.24. The standard InChI is InChI=1S/C14H14F2N2O2S/c1-9(17)10-3-2-4-12(7-10)21(19,20)18-14-8-11(15)5-6-13(14)16/h2-9,18H,17H2,1H3. The van der Waals surface area contributed by atoms with Crippen LogP contribution in [0.2, 0.25) is 0 Å². The maximum absolute atomic E-state index is 13.5. The number of hydrogen-bond donors (Lipinski definition) is 2. The zero-order valence-corrected chi connectivity index (χ0v) is 12.0. The summed E-state index contributed by atoms with van der Waals surface area (Å²) in [4.78, 5) is -0.0686. The molecular weight excluding hydrogens is 298 g/mol. The van der Waals surface area contributed by atoms with Crippen molar-refractivity contribution in [3.05, 3.63) is 59.7 Å². The highest BCUT2D eigenvalue weighted by atomic mass is 32.2. The molecule has 0 spiro atoms. The second-order valence-electron chi connectivity index (χ2n) is 4.59. The van der Waals surface area contributed by atoms with Crippen molar-refractivity contribution in [2.75, 3.05) is 4.72 Å². The van der Waals surface area contributed by atoms with Gasteiger partial charge in [-0.3, -0.25) is 4.72 Å². The van der Waals surface area contributed by atoms with Crippen LogP contribution in [0.4, 0.5) is 14.5 Å². The lowest BCUT2D eigenvalue weighted by Crippen LogP contribution is -2.15. The molecule has 4 nitrogen and oxygen atoms in total. The van der Waals surface area contributed by atoms with Gasteiger partial charge >= 0.3 is 0 Å². The van der Waals surface area contributed by atoms with Crippen LogP contribution in [0.5, 0.6) is 0 Å². The molecule has 2 rings (SSSR count). The molecule has 0 amide bonds. The molecule has 3 N–H and O–H groups in total. The first kappa shape index (κ1) is 15.4. The number of nitrogens with one attached hydrogen (secondary N) is 1. The van der Waals surface area contributed by atoms with Crippen LogP contribution in [-0.4, -0.2) is 8.42 Å². The van der Waals surface area contributed by atoms with Gasteiger partial charge in [-0.15, -0.1) is 0 Å². The molecule has 21 heavy (non-hydrogen) atoms. The van der Waals surface area contributed by atoms with Gasteiger partial charge in [-0.2, -0.15) is 0 Å². The van der Waals surface area contributed by atoms with Gasteiger partial charge in [0.2, 0.25) is 0 Å². The van der Waals surface area contributed by atoms with Crippen molar-refractivity contribution >= 4 is 15.7 Å². The van der Waals surface area contributed by atoms with Gasteiger partial charge in [-0.1, -0.05) is 12.1 Å². The Hall–Kier alpha value is -1.99. The first-order valence-corrected chi connectivity index (χ1v) is 7.61. The average molecular weight is 312 g/mol. The van der Waals surface area contributed by atoms with Gasteiger partial charge in [-0.05, 0) is 36.8 Å². The third-order valence-corrected chi connectivity index (χ3v) is 4.23. The molecule has 7 heteroatoms. The fourth-order valence-corrected chi connectivity index (χ4v) is 2.86. The Morgan fingerprint density at radius 2 is 1.86 bits per heavy atom.